The van der Waals surface area contributed by atoms with Crippen LogP contribution in [-0.2, 0) is 13.6 Å². The summed E-state index contributed by atoms with van der Waals surface area (Å²) >= 11 is 5.96. The molecule has 1 N–H and O–H groups in total. The molecule has 1 aromatic heterocycles. The Bertz CT molecular complexity index is 1270. The maximum atomic E-state index is 12.8. The molecule has 0 radical (unpaired) electrons. The van der Waals surface area contributed by atoms with Crippen molar-refractivity contribution in [2.75, 3.05) is 19.6 Å². The number of hydrogen-bond acceptors (Lipinski definition) is 5. The second kappa shape index (κ2) is 10.4. The Kier molecular flexibility index (Phi) is 7.29. The van der Waals surface area contributed by atoms with Gasteiger partial charge >= 0.3 is 5.69 Å². The van der Waals surface area contributed by atoms with E-state index in [0.29, 0.717) is 18.2 Å². The molecule has 0 spiro atoms. The van der Waals surface area contributed by atoms with Crippen LogP contribution in [0.2, 0.25) is 5.02 Å². The van der Waals surface area contributed by atoms with E-state index in [1.165, 1.54) is 12.6 Å². The fraction of sp³-hybridized carbons (Fsp3) is 0.360. The van der Waals surface area contributed by atoms with Crippen molar-refractivity contribution in [3.05, 3.63) is 91.2 Å². The summed E-state index contributed by atoms with van der Waals surface area (Å²) < 4.78 is 2.00. The number of carbonyl (C=O) groups excluding carboxylic acids is 1. The lowest BCUT2D eigenvalue weighted by atomic mass is 9.96. The summed E-state index contributed by atoms with van der Waals surface area (Å²) in [6, 6.07) is 15.0. The summed E-state index contributed by atoms with van der Waals surface area (Å²) in [5.74, 6) is -0.248. The number of carbonyl (C=O) groups is 1. The Morgan fingerprint density at radius 2 is 1.71 bits per heavy atom. The van der Waals surface area contributed by atoms with Crippen LogP contribution in [0.5, 0.6) is 0 Å². The largest absolute Gasteiger partial charge is 0.351 e. The number of nitrogens with zero attached hydrogens (tertiary/aromatic N) is 4. The number of amides is 1. The number of hydrogen-bond donors (Lipinski definition) is 1. The number of benzene rings is 2. The SMILES string of the molecule is Cc1ccc(-n2nc(C(=O)NCC3CCN(Cc4ccc(Cl)cc4)CC3)c(=O)n(C)c2=O)cc1. The molecule has 9 heteroatoms. The number of aryl methyl sites for hydroxylation is 1. The molecule has 2 heterocycles. The lowest BCUT2D eigenvalue weighted by Gasteiger charge is -2.32. The molecule has 178 valence electrons. The van der Waals surface area contributed by atoms with Gasteiger partial charge in [-0.1, -0.05) is 41.4 Å². The minimum atomic E-state index is -0.705. The maximum absolute atomic E-state index is 12.8. The molecule has 1 saturated heterocycles. The van der Waals surface area contributed by atoms with E-state index in [9.17, 15) is 14.4 Å². The molecular formula is C25H28ClN5O3. The van der Waals surface area contributed by atoms with Crippen LogP contribution in [0.3, 0.4) is 0 Å². The molecule has 0 bridgehead atoms. The van der Waals surface area contributed by atoms with Crippen molar-refractivity contribution in [1.82, 2.24) is 24.6 Å². The zero-order chi connectivity index (χ0) is 24.2. The first-order valence-electron chi connectivity index (χ1n) is 11.3. The van der Waals surface area contributed by atoms with Crippen LogP contribution in [0.4, 0.5) is 0 Å². The minimum Gasteiger partial charge on any atom is -0.350 e. The van der Waals surface area contributed by atoms with Gasteiger partial charge in [0.15, 0.2) is 0 Å². The van der Waals surface area contributed by atoms with E-state index < -0.39 is 17.2 Å². The number of piperidine rings is 1. The zero-order valence-electron chi connectivity index (χ0n) is 19.3. The van der Waals surface area contributed by atoms with Crippen LogP contribution < -0.4 is 16.6 Å². The van der Waals surface area contributed by atoms with Gasteiger partial charge in [0, 0.05) is 25.2 Å². The van der Waals surface area contributed by atoms with Gasteiger partial charge in [-0.25, -0.2) is 4.79 Å². The normalized spacial score (nSPS) is 14.8. The van der Waals surface area contributed by atoms with E-state index in [2.05, 4.69) is 15.3 Å². The number of aromatic nitrogens is 3. The van der Waals surface area contributed by atoms with Gasteiger partial charge < -0.3 is 5.32 Å². The van der Waals surface area contributed by atoms with Crippen molar-refractivity contribution >= 4 is 17.5 Å². The zero-order valence-corrected chi connectivity index (χ0v) is 20.1. The Morgan fingerprint density at radius 3 is 2.35 bits per heavy atom. The Hall–Kier alpha value is -3.23. The predicted molar refractivity (Wildman–Crippen MR) is 132 cm³/mol. The molecule has 3 aromatic rings. The smallest absolute Gasteiger partial charge is 0.350 e. The number of rotatable bonds is 6. The van der Waals surface area contributed by atoms with Gasteiger partial charge in [-0.2, -0.15) is 9.78 Å². The summed E-state index contributed by atoms with van der Waals surface area (Å²) in [5, 5.41) is 7.69. The molecule has 0 atom stereocenters. The third-order valence-corrected chi connectivity index (χ3v) is 6.50. The summed E-state index contributed by atoms with van der Waals surface area (Å²) in [5.41, 5.74) is 1.15. The molecule has 4 rings (SSSR count). The summed E-state index contributed by atoms with van der Waals surface area (Å²) in [6.07, 6.45) is 1.89. The van der Waals surface area contributed by atoms with Crippen molar-refractivity contribution in [3.8, 4) is 5.69 Å². The fourth-order valence-electron chi connectivity index (χ4n) is 4.09. The van der Waals surface area contributed by atoms with Gasteiger partial charge in [0.25, 0.3) is 11.5 Å². The lowest BCUT2D eigenvalue weighted by molar-refractivity contribution is 0.0925. The summed E-state index contributed by atoms with van der Waals surface area (Å²) in [7, 11) is 1.35. The van der Waals surface area contributed by atoms with Crippen LogP contribution in [-0.4, -0.2) is 44.8 Å². The Morgan fingerprint density at radius 1 is 1.06 bits per heavy atom. The molecule has 8 nitrogen and oxygen atoms in total. The molecule has 0 unspecified atom stereocenters. The van der Waals surface area contributed by atoms with Crippen molar-refractivity contribution < 1.29 is 4.79 Å². The molecule has 0 aliphatic carbocycles. The van der Waals surface area contributed by atoms with Gasteiger partial charge in [0.05, 0.1) is 5.69 Å². The van der Waals surface area contributed by atoms with Gasteiger partial charge in [-0.15, -0.1) is 0 Å². The highest BCUT2D eigenvalue weighted by molar-refractivity contribution is 6.30. The van der Waals surface area contributed by atoms with Crippen LogP contribution in [0, 0.1) is 12.8 Å². The van der Waals surface area contributed by atoms with E-state index in [-0.39, 0.29) is 5.69 Å². The van der Waals surface area contributed by atoms with Crippen LogP contribution in [0.15, 0.2) is 58.1 Å². The molecule has 1 amide bonds. The van der Waals surface area contributed by atoms with Crippen molar-refractivity contribution in [2.24, 2.45) is 13.0 Å². The molecule has 2 aromatic carbocycles. The quantitative estimate of drug-likeness (QED) is 0.584. The fourth-order valence-corrected chi connectivity index (χ4v) is 4.21. The lowest BCUT2D eigenvalue weighted by Crippen LogP contribution is -2.45. The Labute approximate surface area is 202 Å². The number of halogens is 1. The highest BCUT2D eigenvalue weighted by Crippen LogP contribution is 2.19. The molecule has 34 heavy (non-hydrogen) atoms. The molecule has 1 aliphatic rings. The third-order valence-electron chi connectivity index (χ3n) is 6.25. The van der Waals surface area contributed by atoms with Crippen molar-refractivity contribution in [1.29, 1.82) is 0 Å². The second-order valence-corrected chi connectivity index (χ2v) is 9.24. The maximum Gasteiger partial charge on any atom is 0.351 e. The van der Waals surface area contributed by atoms with E-state index in [1.54, 1.807) is 12.1 Å². The van der Waals surface area contributed by atoms with Crippen molar-refractivity contribution in [2.45, 2.75) is 26.3 Å². The van der Waals surface area contributed by atoms with Gasteiger partial charge in [0.2, 0.25) is 5.69 Å². The standard InChI is InChI=1S/C25H28ClN5O3/c1-17-3-9-21(10-4-17)31-25(34)29(2)24(33)22(28-31)23(32)27-15-18-11-13-30(14-12-18)16-19-5-7-20(26)8-6-19/h3-10,18H,11-16H2,1-2H3,(H,27,32). The van der Waals surface area contributed by atoms with Gasteiger partial charge in [-0.05, 0) is 68.6 Å². The number of likely N-dealkylation sites (tertiary alicyclic amines) is 1. The van der Waals surface area contributed by atoms with Crippen LogP contribution in [0.1, 0.15) is 34.5 Å². The summed E-state index contributed by atoms with van der Waals surface area (Å²) in [6.45, 7) is 5.13. The topological polar surface area (TPSA) is 89.2 Å². The van der Waals surface area contributed by atoms with Crippen molar-refractivity contribution in [3.63, 3.8) is 0 Å². The first kappa shape index (κ1) is 23.9. The number of nitrogens with one attached hydrogen (secondary N) is 1. The highest BCUT2D eigenvalue weighted by Gasteiger charge is 2.22. The third kappa shape index (κ3) is 5.46. The second-order valence-electron chi connectivity index (χ2n) is 8.80. The summed E-state index contributed by atoms with van der Waals surface area (Å²) in [4.78, 5) is 40.3. The van der Waals surface area contributed by atoms with E-state index in [1.807, 2.05) is 43.3 Å². The minimum absolute atomic E-state index is 0.289. The molecule has 0 saturated carbocycles. The average molecular weight is 482 g/mol. The predicted octanol–water partition coefficient (Wildman–Crippen LogP) is 2.54. The highest BCUT2D eigenvalue weighted by atomic mass is 35.5. The molecule has 1 aliphatic heterocycles. The van der Waals surface area contributed by atoms with E-state index in [0.717, 1.165) is 52.3 Å². The Balaban J connectivity index is 1.38. The first-order chi connectivity index (χ1) is 16.3. The van der Waals surface area contributed by atoms with Gasteiger partial charge in [0.1, 0.15) is 0 Å². The monoisotopic (exact) mass is 481 g/mol. The molecular weight excluding hydrogens is 454 g/mol. The average Bonchev–Trinajstić information content (AvgIpc) is 2.84. The van der Waals surface area contributed by atoms with Gasteiger partial charge in [-0.3, -0.25) is 19.1 Å². The van der Waals surface area contributed by atoms with E-state index >= 15 is 0 Å². The van der Waals surface area contributed by atoms with Crippen LogP contribution >= 0.6 is 11.6 Å². The first-order valence-corrected chi connectivity index (χ1v) is 11.7. The van der Waals surface area contributed by atoms with Crippen LogP contribution in [0.25, 0.3) is 5.69 Å². The molecule has 1 fully saturated rings. The van der Waals surface area contributed by atoms with E-state index in [4.69, 9.17) is 11.6 Å².